The Labute approximate surface area is 141 Å². The van der Waals surface area contributed by atoms with E-state index in [4.69, 9.17) is 10.00 Å². The van der Waals surface area contributed by atoms with E-state index in [0.29, 0.717) is 30.8 Å². The van der Waals surface area contributed by atoms with Crippen molar-refractivity contribution in [2.75, 3.05) is 19.7 Å². The first-order chi connectivity index (χ1) is 11.6. The zero-order valence-electron chi connectivity index (χ0n) is 13.8. The number of nitriles is 1. The van der Waals surface area contributed by atoms with Crippen molar-refractivity contribution < 1.29 is 9.53 Å². The minimum atomic E-state index is -0.212. The SMILES string of the molecule is CC(C)n1cc(C(=O)N2CCO[C@H](c3cccc(C#N)c3)C2)cn1. The average molecular weight is 324 g/mol. The molecule has 24 heavy (non-hydrogen) atoms. The number of hydrogen-bond donors (Lipinski definition) is 0. The summed E-state index contributed by atoms with van der Waals surface area (Å²) in [6.45, 7) is 5.55. The predicted octanol–water partition coefficient (Wildman–Crippen LogP) is 2.55. The molecule has 0 bridgehead atoms. The average Bonchev–Trinajstić information content (AvgIpc) is 3.11. The molecule has 3 rings (SSSR count). The maximum atomic E-state index is 12.7. The first-order valence-corrected chi connectivity index (χ1v) is 8.03. The lowest BCUT2D eigenvalue weighted by Gasteiger charge is -2.33. The van der Waals surface area contributed by atoms with Gasteiger partial charge in [0.25, 0.3) is 5.91 Å². The van der Waals surface area contributed by atoms with Crippen LogP contribution in [0.4, 0.5) is 0 Å². The van der Waals surface area contributed by atoms with Gasteiger partial charge in [0.05, 0.1) is 36.5 Å². The van der Waals surface area contributed by atoms with Crippen molar-refractivity contribution in [2.45, 2.75) is 26.0 Å². The van der Waals surface area contributed by atoms with Gasteiger partial charge >= 0.3 is 0 Å². The van der Waals surface area contributed by atoms with Gasteiger partial charge in [-0.25, -0.2) is 0 Å². The number of morpholine rings is 1. The third-order valence-electron chi connectivity index (χ3n) is 4.12. The van der Waals surface area contributed by atoms with E-state index in [1.165, 1.54) is 0 Å². The first-order valence-electron chi connectivity index (χ1n) is 8.03. The monoisotopic (exact) mass is 324 g/mol. The first kappa shape index (κ1) is 16.2. The topological polar surface area (TPSA) is 71.2 Å². The van der Waals surface area contributed by atoms with Crippen molar-refractivity contribution >= 4 is 5.91 Å². The molecular weight excluding hydrogens is 304 g/mol. The molecule has 0 radical (unpaired) electrons. The molecule has 6 heteroatoms. The Hall–Kier alpha value is -2.65. The Balaban J connectivity index is 1.75. The smallest absolute Gasteiger partial charge is 0.257 e. The van der Waals surface area contributed by atoms with E-state index < -0.39 is 0 Å². The third-order valence-corrected chi connectivity index (χ3v) is 4.12. The second-order valence-corrected chi connectivity index (χ2v) is 6.15. The van der Waals surface area contributed by atoms with Crippen molar-refractivity contribution in [1.29, 1.82) is 5.26 Å². The molecule has 0 saturated carbocycles. The van der Waals surface area contributed by atoms with Crippen LogP contribution >= 0.6 is 0 Å². The van der Waals surface area contributed by atoms with Crippen LogP contribution in [0.15, 0.2) is 36.7 Å². The molecule has 1 atom stereocenters. The highest BCUT2D eigenvalue weighted by Crippen LogP contribution is 2.24. The number of rotatable bonds is 3. The molecule has 1 aromatic heterocycles. The fraction of sp³-hybridized carbons (Fsp3) is 0.389. The van der Waals surface area contributed by atoms with Gasteiger partial charge in [0.1, 0.15) is 6.10 Å². The maximum Gasteiger partial charge on any atom is 0.257 e. The van der Waals surface area contributed by atoms with Crippen molar-refractivity contribution in [2.24, 2.45) is 0 Å². The summed E-state index contributed by atoms with van der Waals surface area (Å²) in [4.78, 5) is 14.5. The van der Waals surface area contributed by atoms with Crippen LogP contribution in [0.2, 0.25) is 0 Å². The Bertz CT molecular complexity index is 775. The van der Waals surface area contributed by atoms with Gasteiger partial charge in [-0.05, 0) is 31.5 Å². The molecule has 2 heterocycles. The summed E-state index contributed by atoms with van der Waals surface area (Å²) in [6.07, 6.45) is 3.19. The molecule has 1 saturated heterocycles. The molecule has 0 aliphatic carbocycles. The van der Waals surface area contributed by atoms with Crippen LogP contribution in [-0.4, -0.2) is 40.3 Å². The summed E-state index contributed by atoms with van der Waals surface area (Å²) in [7, 11) is 0. The molecule has 2 aromatic rings. The molecule has 0 unspecified atom stereocenters. The van der Waals surface area contributed by atoms with E-state index in [1.54, 1.807) is 28.0 Å². The zero-order valence-corrected chi connectivity index (χ0v) is 13.8. The molecule has 1 aliphatic heterocycles. The van der Waals surface area contributed by atoms with Crippen LogP contribution in [0.3, 0.4) is 0 Å². The van der Waals surface area contributed by atoms with Crippen molar-refractivity contribution in [3.63, 3.8) is 0 Å². The fourth-order valence-corrected chi connectivity index (χ4v) is 2.76. The minimum Gasteiger partial charge on any atom is -0.370 e. The van der Waals surface area contributed by atoms with Gasteiger partial charge in [0, 0.05) is 18.8 Å². The van der Waals surface area contributed by atoms with Gasteiger partial charge in [0.2, 0.25) is 0 Å². The van der Waals surface area contributed by atoms with Gasteiger partial charge in [-0.2, -0.15) is 10.4 Å². The quantitative estimate of drug-likeness (QED) is 0.870. The van der Waals surface area contributed by atoms with E-state index in [2.05, 4.69) is 11.2 Å². The van der Waals surface area contributed by atoms with E-state index in [0.717, 1.165) is 5.56 Å². The molecule has 1 fully saturated rings. The van der Waals surface area contributed by atoms with Crippen LogP contribution in [0.1, 0.15) is 47.5 Å². The molecule has 0 N–H and O–H groups in total. The third kappa shape index (κ3) is 3.31. The van der Waals surface area contributed by atoms with Gasteiger partial charge in [-0.1, -0.05) is 12.1 Å². The summed E-state index contributed by atoms with van der Waals surface area (Å²) in [5.74, 6) is -0.0355. The van der Waals surface area contributed by atoms with Crippen LogP contribution in [0, 0.1) is 11.3 Å². The lowest BCUT2D eigenvalue weighted by Crippen LogP contribution is -2.42. The summed E-state index contributed by atoms with van der Waals surface area (Å²) in [5.41, 5.74) is 2.11. The number of carbonyl (C=O) groups excluding carboxylic acids is 1. The summed E-state index contributed by atoms with van der Waals surface area (Å²) in [6, 6.07) is 9.69. The number of nitrogens with zero attached hydrogens (tertiary/aromatic N) is 4. The van der Waals surface area contributed by atoms with Crippen LogP contribution in [0.25, 0.3) is 0 Å². The number of hydrogen-bond acceptors (Lipinski definition) is 4. The Morgan fingerprint density at radius 3 is 3.00 bits per heavy atom. The molecule has 124 valence electrons. The molecule has 1 aromatic carbocycles. The van der Waals surface area contributed by atoms with Gasteiger partial charge in [-0.3, -0.25) is 9.48 Å². The highest BCUT2D eigenvalue weighted by atomic mass is 16.5. The zero-order chi connectivity index (χ0) is 17.1. The normalized spacial score (nSPS) is 17.8. The van der Waals surface area contributed by atoms with Crippen LogP contribution in [0.5, 0.6) is 0 Å². The minimum absolute atomic E-state index is 0.0355. The Kier molecular flexibility index (Phi) is 4.63. The number of ether oxygens (including phenoxy) is 1. The lowest BCUT2D eigenvalue weighted by molar-refractivity contribution is -0.0228. The lowest BCUT2D eigenvalue weighted by atomic mass is 10.0. The van der Waals surface area contributed by atoms with E-state index in [9.17, 15) is 4.79 Å². The van der Waals surface area contributed by atoms with Gasteiger partial charge in [0.15, 0.2) is 0 Å². The molecule has 6 nitrogen and oxygen atoms in total. The second-order valence-electron chi connectivity index (χ2n) is 6.15. The standard InChI is InChI=1S/C18H20N4O2/c1-13(2)22-11-16(10-20-22)18(23)21-6-7-24-17(12-21)15-5-3-4-14(8-15)9-19/h3-5,8,10-11,13,17H,6-7,12H2,1-2H3/t17-/m0/s1. The number of aromatic nitrogens is 2. The van der Waals surface area contributed by atoms with E-state index in [-0.39, 0.29) is 18.1 Å². The van der Waals surface area contributed by atoms with Crippen LogP contribution < -0.4 is 0 Å². The highest BCUT2D eigenvalue weighted by molar-refractivity contribution is 5.93. The second kappa shape index (κ2) is 6.85. The van der Waals surface area contributed by atoms with Crippen LogP contribution in [-0.2, 0) is 4.74 Å². The Morgan fingerprint density at radius 1 is 1.46 bits per heavy atom. The fourth-order valence-electron chi connectivity index (χ4n) is 2.76. The molecular formula is C18H20N4O2. The Morgan fingerprint density at radius 2 is 2.29 bits per heavy atom. The number of benzene rings is 1. The summed E-state index contributed by atoms with van der Waals surface area (Å²) >= 11 is 0. The van der Waals surface area contributed by atoms with E-state index >= 15 is 0 Å². The van der Waals surface area contributed by atoms with Gasteiger partial charge < -0.3 is 9.64 Å². The van der Waals surface area contributed by atoms with Crippen molar-refractivity contribution in [1.82, 2.24) is 14.7 Å². The predicted molar refractivity (Wildman–Crippen MR) is 88.4 cm³/mol. The number of amides is 1. The molecule has 0 spiro atoms. The van der Waals surface area contributed by atoms with Crippen molar-refractivity contribution in [3.8, 4) is 6.07 Å². The molecule has 1 amide bonds. The number of carbonyl (C=O) groups is 1. The summed E-state index contributed by atoms with van der Waals surface area (Å²) < 4.78 is 7.58. The van der Waals surface area contributed by atoms with E-state index in [1.807, 2.05) is 32.0 Å². The summed E-state index contributed by atoms with van der Waals surface area (Å²) in [5, 5.41) is 13.3. The molecule has 1 aliphatic rings. The highest BCUT2D eigenvalue weighted by Gasteiger charge is 2.27. The largest absolute Gasteiger partial charge is 0.370 e. The van der Waals surface area contributed by atoms with Crippen molar-refractivity contribution in [3.05, 3.63) is 53.3 Å². The maximum absolute atomic E-state index is 12.7. The van der Waals surface area contributed by atoms with Gasteiger partial charge in [-0.15, -0.1) is 0 Å².